The van der Waals surface area contributed by atoms with E-state index in [1.54, 1.807) is 29.9 Å². The zero-order valence-corrected chi connectivity index (χ0v) is 20.7. The third-order valence-electron chi connectivity index (χ3n) is 5.49. The van der Waals surface area contributed by atoms with Crippen molar-refractivity contribution < 1.29 is 14.3 Å². The summed E-state index contributed by atoms with van der Waals surface area (Å²) in [7, 11) is 1.59. The van der Waals surface area contributed by atoms with Crippen LogP contribution in [0.5, 0.6) is 5.75 Å². The first-order valence-corrected chi connectivity index (χ1v) is 12.6. The number of aromatic nitrogens is 1. The van der Waals surface area contributed by atoms with Gasteiger partial charge in [0.15, 0.2) is 4.80 Å². The number of aryl methyl sites for hydroxylation is 1. The van der Waals surface area contributed by atoms with Gasteiger partial charge in [-0.1, -0.05) is 42.9 Å². The van der Waals surface area contributed by atoms with Gasteiger partial charge in [-0.3, -0.25) is 9.36 Å². The first kappa shape index (κ1) is 23.2. The first-order valence-electron chi connectivity index (χ1n) is 10.9. The van der Waals surface area contributed by atoms with E-state index in [9.17, 15) is 9.59 Å². The zero-order valence-electron chi connectivity index (χ0n) is 19.1. The largest absolute Gasteiger partial charge is 0.496 e. The lowest BCUT2D eigenvalue weighted by atomic mass is 9.93. The summed E-state index contributed by atoms with van der Waals surface area (Å²) in [5.41, 5.74) is 2.72. The highest BCUT2D eigenvalue weighted by molar-refractivity contribution is 7.11. The number of benzene rings is 1. The average molecular weight is 483 g/mol. The van der Waals surface area contributed by atoms with Gasteiger partial charge in [0.1, 0.15) is 11.8 Å². The van der Waals surface area contributed by atoms with Crippen LogP contribution in [0.4, 0.5) is 0 Å². The Hall–Kier alpha value is -2.97. The molecule has 0 fully saturated rings. The van der Waals surface area contributed by atoms with Crippen LogP contribution in [0.1, 0.15) is 48.7 Å². The Labute approximate surface area is 200 Å². The fourth-order valence-corrected chi connectivity index (χ4v) is 5.89. The molecule has 1 aliphatic rings. The number of hydrogen-bond acceptors (Lipinski definition) is 7. The van der Waals surface area contributed by atoms with Gasteiger partial charge < -0.3 is 9.47 Å². The number of thiazole rings is 1. The Morgan fingerprint density at radius 2 is 2.03 bits per heavy atom. The molecule has 0 spiro atoms. The van der Waals surface area contributed by atoms with E-state index in [2.05, 4.69) is 0 Å². The molecular weight excluding hydrogens is 456 g/mol. The predicted molar refractivity (Wildman–Crippen MR) is 132 cm³/mol. The Kier molecular flexibility index (Phi) is 6.95. The van der Waals surface area contributed by atoms with Crippen molar-refractivity contribution in [1.82, 2.24) is 4.57 Å². The molecule has 4 rings (SSSR count). The van der Waals surface area contributed by atoms with Crippen LogP contribution < -0.4 is 19.6 Å². The third kappa shape index (κ3) is 4.32. The number of fused-ring (bicyclic) bond motifs is 1. The summed E-state index contributed by atoms with van der Waals surface area (Å²) in [4.78, 5) is 33.3. The summed E-state index contributed by atoms with van der Waals surface area (Å²) in [6.45, 7) is 6.07. The van der Waals surface area contributed by atoms with E-state index in [1.165, 1.54) is 11.3 Å². The summed E-state index contributed by atoms with van der Waals surface area (Å²) < 4.78 is 13.2. The molecule has 0 bridgehead atoms. The van der Waals surface area contributed by atoms with Gasteiger partial charge in [-0.25, -0.2) is 9.79 Å². The third-order valence-corrected chi connectivity index (χ3v) is 7.44. The number of carbonyl (C=O) groups excluding carboxylic acids is 1. The fourth-order valence-electron chi connectivity index (χ4n) is 3.96. The highest BCUT2D eigenvalue weighted by atomic mass is 32.1. The Balaban J connectivity index is 2.05. The molecule has 0 aliphatic carbocycles. The molecule has 6 nitrogen and oxygen atoms in total. The van der Waals surface area contributed by atoms with Gasteiger partial charge in [-0.2, -0.15) is 0 Å². The van der Waals surface area contributed by atoms with E-state index < -0.39 is 12.0 Å². The Bertz CT molecular complexity index is 1390. The number of methoxy groups -OCH3 is 1. The quantitative estimate of drug-likeness (QED) is 0.478. The fraction of sp³-hybridized carbons (Fsp3) is 0.320. The maximum Gasteiger partial charge on any atom is 0.338 e. The molecule has 1 aliphatic heterocycles. The van der Waals surface area contributed by atoms with Gasteiger partial charge in [0, 0.05) is 10.4 Å². The predicted octanol–water partition coefficient (Wildman–Crippen LogP) is 3.96. The van der Waals surface area contributed by atoms with Crippen LogP contribution in [-0.4, -0.2) is 24.3 Å². The lowest BCUT2D eigenvalue weighted by Gasteiger charge is -2.26. The molecule has 0 saturated carbocycles. The van der Waals surface area contributed by atoms with Crippen molar-refractivity contribution in [2.45, 2.75) is 39.7 Å². The van der Waals surface area contributed by atoms with Crippen molar-refractivity contribution in [1.29, 1.82) is 0 Å². The summed E-state index contributed by atoms with van der Waals surface area (Å²) in [5.74, 6) is 0.148. The topological polar surface area (TPSA) is 69.9 Å². The number of allylic oxidation sites excluding steroid dienone is 1. The van der Waals surface area contributed by atoms with E-state index in [4.69, 9.17) is 14.5 Å². The van der Waals surface area contributed by atoms with Gasteiger partial charge in [0.2, 0.25) is 0 Å². The minimum atomic E-state index is -0.676. The minimum Gasteiger partial charge on any atom is -0.496 e. The maximum absolute atomic E-state index is 13.7. The minimum absolute atomic E-state index is 0.181. The number of rotatable bonds is 7. The van der Waals surface area contributed by atoms with Crippen LogP contribution in [0.2, 0.25) is 0 Å². The molecule has 172 valence electrons. The number of esters is 1. The molecule has 2 aromatic heterocycles. The second kappa shape index (κ2) is 9.89. The first-order chi connectivity index (χ1) is 16.0. The van der Waals surface area contributed by atoms with E-state index in [1.807, 2.05) is 55.6 Å². The number of thiophene rings is 1. The molecule has 3 aromatic rings. The standard InChI is InChI=1S/C25H26N2O4S2/c1-5-9-17-21(24(29)31-6-2)22(16-10-7-8-11-18(16)30-4)27-23(28)20(33-25(27)26-17)14-19-15(3)12-13-32-19/h7-8,10-14,22H,5-6,9H2,1-4H3/b20-14-/t22-/m1/s1. The highest BCUT2D eigenvalue weighted by Gasteiger charge is 2.35. The Morgan fingerprint density at radius 3 is 2.70 bits per heavy atom. The van der Waals surface area contributed by atoms with Gasteiger partial charge >= 0.3 is 5.97 Å². The van der Waals surface area contributed by atoms with Gasteiger partial charge in [0.05, 0.1) is 29.5 Å². The number of carbonyl (C=O) groups is 1. The van der Waals surface area contributed by atoms with Crippen molar-refractivity contribution >= 4 is 34.7 Å². The average Bonchev–Trinajstić information content (AvgIpc) is 3.35. The molecule has 0 N–H and O–H groups in total. The summed E-state index contributed by atoms with van der Waals surface area (Å²) >= 11 is 2.94. The van der Waals surface area contributed by atoms with Crippen LogP contribution in [0.25, 0.3) is 6.08 Å². The maximum atomic E-state index is 13.7. The molecule has 1 aromatic carbocycles. The smallest absolute Gasteiger partial charge is 0.338 e. The highest BCUT2D eigenvalue weighted by Crippen LogP contribution is 2.36. The second-order valence-electron chi connectivity index (χ2n) is 7.62. The normalized spacial score (nSPS) is 15.9. The zero-order chi connectivity index (χ0) is 23.5. The van der Waals surface area contributed by atoms with Gasteiger partial charge in [-0.15, -0.1) is 11.3 Å². The number of hydrogen-bond donors (Lipinski definition) is 0. The molecule has 1 atom stereocenters. The van der Waals surface area contributed by atoms with Crippen LogP contribution in [0.3, 0.4) is 0 Å². The van der Waals surface area contributed by atoms with Crippen molar-refractivity contribution in [3.63, 3.8) is 0 Å². The van der Waals surface area contributed by atoms with Crippen molar-refractivity contribution in [3.05, 3.63) is 82.7 Å². The molecular formula is C25H26N2O4S2. The van der Waals surface area contributed by atoms with Crippen LogP contribution in [-0.2, 0) is 9.53 Å². The molecule has 8 heteroatoms. The number of ether oxygens (including phenoxy) is 2. The second-order valence-corrected chi connectivity index (χ2v) is 9.58. The van der Waals surface area contributed by atoms with Crippen LogP contribution >= 0.6 is 22.7 Å². The van der Waals surface area contributed by atoms with E-state index in [0.29, 0.717) is 32.8 Å². The molecule has 0 amide bonds. The number of nitrogens with zero attached hydrogens (tertiary/aromatic N) is 2. The lowest BCUT2D eigenvalue weighted by Crippen LogP contribution is -2.40. The van der Waals surface area contributed by atoms with Crippen molar-refractivity contribution in [2.24, 2.45) is 4.99 Å². The summed E-state index contributed by atoms with van der Waals surface area (Å²) in [6, 6.07) is 8.83. The lowest BCUT2D eigenvalue weighted by molar-refractivity contribution is -0.139. The summed E-state index contributed by atoms with van der Waals surface area (Å²) in [5, 5.41) is 2.01. The number of para-hydroxylation sites is 1. The SMILES string of the molecule is CCCC1=C(C(=O)OCC)[C@@H](c2ccccc2OC)n2c(s/c(=C\c3sccc3C)c2=O)=N1. The molecule has 33 heavy (non-hydrogen) atoms. The van der Waals surface area contributed by atoms with Crippen molar-refractivity contribution in [3.8, 4) is 5.75 Å². The van der Waals surface area contributed by atoms with E-state index in [0.717, 1.165) is 22.4 Å². The van der Waals surface area contributed by atoms with Crippen LogP contribution in [0.15, 0.2) is 56.8 Å². The molecule has 3 heterocycles. The Morgan fingerprint density at radius 1 is 1.24 bits per heavy atom. The monoisotopic (exact) mass is 482 g/mol. The molecule has 0 unspecified atom stereocenters. The molecule has 0 radical (unpaired) electrons. The summed E-state index contributed by atoms with van der Waals surface area (Å²) in [6.07, 6.45) is 3.33. The van der Waals surface area contributed by atoms with Crippen LogP contribution in [0, 0.1) is 6.92 Å². The van der Waals surface area contributed by atoms with E-state index >= 15 is 0 Å². The van der Waals surface area contributed by atoms with Gasteiger partial charge in [0.25, 0.3) is 5.56 Å². The molecule has 0 saturated heterocycles. The van der Waals surface area contributed by atoms with Gasteiger partial charge in [-0.05, 0) is 49.4 Å². The van der Waals surface area contributed by atoms with E-state index in [-0.39, 0.29) is 12.2 Å². The van der Waals surface area contributed by atoms with Crippen molar-refractivity contribution in [2.75, 3.05) is 13.7 Å².